The summed E-state index contributed by atoms with van der Waals surface area (Å²) in [5.41, 5.74) is 2.52. The fourth-order valence-electron chi connectivity index (χ4n) is 3.99. The molecule has 4 heterocycles. The smallest absolute Gasteiger partial charge is 0.290 e. The number of aliphatic hydroxyl groups is 1. The lowest BCUT2D eigenvalue weighted by Crippen LogP contribution is -2.30. The molecular formula is C25H20N2O4S2. The minimum Gasteiger partial charge on any atom is -0.503 e. The third-order valence-corrected chi connectivity index (χ3v) is 7.90. The predicted molar refractivity (Wildman–Crippen MR) is 127 cm³/mol. The number of carbonyl (C=O) groups excluding carboxylic acids is 2. The minimum absolute atomic E-state index is 0.0865. The fourth-order valence-corrected chi connectivity index (χ4v) is 6.06. The van der Waals surface area contributed by atoms with Gasteiger partial charge in [0, 0.05) is 10.4 Å². The van der Waals surface area contributed by atoms with Gasteiger partial charge in [-0.25, -0.2) is 4.98 Å². The third-order valence-electron chi connectivity index (χ3n) is 5.63. The summed E-state index contributed by atoms with van der Waals surface area (Å²) in [7, 11) is 0. The van der Waals surface area contributed by atoms with Crippen LogP contribution in [0.5, 0.6) is 0 Å². The number of hydrogen-bond acceptors (Lipinski definition) is 7. The molecule has 5 rings (SSSR count). The van der Waals surface area contributed by atoms with Crippen LogP contribution in [0.2, 0.25) is 0 Å². The molecule has 1 amide bonds. The van der Waals surface area contributed by atoms with Crippen LogP contribution >= 0.6 is 22.7 Å². The molecule has 0 aliphatic carbocycles. The molecule has 0 saturated heterocycles. The Morgan fingerprint density at radius 3 is 2.61 bits per heavy atom. The average Bonchev–Trinajstić information content (AvgIpc) is 3.60. The van der Waals surface area contributed by atoms with E-state index >= 15 is 0 Å². The van der Waals surface area contributed by atoms with Gasteiger partial charge in [-0.1, -0.05) is 30.3 Å². The Morgan fingerprint density at radius 2 is 1.94 bits per heavy atom. The summed E-state index contributed by atoms with van der Waals surface area (Å²) in [4.78, 5) is 34.3. The van der Waals surface area contributed by atoms with Crippen LogP contribution in [0.3, 0.4) is 0 Å². The zero-order valence-corrected chi connectivity index (χ0v) is 19.6. The SMILES string of the molecule is Cc1ccsc1C1C(C(=O)c2sc(-c3ccccc3)nc2C)=C(O)C(=O)N1Cc1ccco1. The van der Waals surface area contributed by atoms with Crippen molar-refractivity contribution in [3.05, 3.63) is 98.3 Å². The monoisotopic (exact) mass is 476 g/mol. The van der Waals surface area contributed by atoms with Crippen LogP contribution < -0.4 is 0 Å². The number of ketones is 1. The van der Waals surface area contributed by atoms with E-state index in [0.29, 0.717) is 16.3 Å². The maximum atomic E-state index is 13.8. The molecule has 0 radical (unpaired) electrons. The summed E-state index contributed by atoms with van der Waals surface area (Å²) in [6.45, 7) is 3.85. The minimum atomic E-state index is -0.697. The molecule has 0 spiro atoms. The summed E-state index contributed by atoms with van der Waals surface area (Å²) in [5.74, 6) is -0.904. The second kappa shape index (κ2) is 8.46. The van der Waals surface area contributed by atoms with Crippen molar-refractivity contribution in [2.75, 3.05) is 0 Å². The van der Waals surface area contributed by atoms with E-state index < -0.39 is 17.7 Å². The normalized spacial score (nSPS) is 16.1. The molecule has 1 N–H and O–H groups in total. The number of amides is 1. The lowest BCUT2D eigenvalue weighted by molar-refractivity contribution is -0.130. The highest BCUT2D eigenvalue weighted by atomic mass is 32.1. The highest BCUT2D eigenvalue weighted by Crippen LogP contribution is 2.44. The largest absolute Gasteiger partial charge is 0.503 e. The van der Waals surface area contributed by atoms with E-state index in [1.54, 1.807) is 19.1 Å². The number of carbonyl (C=O) groups is 2. The van der Waals surface area contributed by atoms with Crippen molar-refractivity contribution in [1.29, 1.82) is 0 Å². The summed E-state index contributed by atoms with van der Waals surface area (Å²) >= 11 is 2.73. The predicted octanol–water partition coefficient (Wildman–Crippen LogP) is 5.86. The van der Waals surface area contributed by atoms with E-state index in [1.165, 1.54) is 33.8 Å². The number of aliphatic hydroxyl groups excluding tert-OH is 1. The van der Waals surface area contributed by atoms with Crippen LogP contribution in [0.15, 0.2) is 75.9 Å². The van der Waals surface area contributed by atoms with Crippen molar-refractivity contribution in [3.63, 3.8) is 0 Å². The number of thiophene rings is 1. The van der Waals surface area contributed by atoms with Gasteiger partial charge >= 0.3 is 0 Å². The van der Waals surface area contributed by atoms with E-state index in [0.717, 1.165) is 21.0 Å². The number of thiazole rings is 1. The van der Waals surface area contributed by atoms with E-state index in [4.69, 9.17) is 4.42 Å². The zero-order valence-electron chi connectivity index (χ0n) is 17.9. The van der Waals surface area contributed by atoms with Gasteiger partial charge in [-0.2, -0.15) is 0 Å². The number of aryl methyl sites for hydroxylation is 2. The molecule has 1 aromatic carbocycles. The molecule has 1 aliphatic heterocycles. The lowest BCUT2D eigenvalue weighted by atomic mass is 9.98. The molecule has 0 saturated carbocycles. The van der Waals surface area contributed by atoms with Gasteiger partial charge in [0.15, 0.2) is 5.76 Å². The van der Waals surface area contributed by atoms with E-state index in [9.17, 15) is 14.7 Å². The Morgan fingerprint density at radius 1 is 1.15 bits per heavy atom. The summed E-state index contributed by atoms with van der Waals surface area (Å²) < 4.78 is 5.44. The van der Waals surface area contributed by atoms with E-state index in [2.05, 4.69) is 4.98 Å². The molecule has 8 heteroatoms. The van der Waals surface area contributed by atoms with Crippen molar-refractivity contribution < 1.29 is 19.1 Å². The Kier molecular flexibility index (Phi) is 5.47. The van der Waals surface area contributed by atoms with Gasteiger partial charge in [-0.3, -0.25) is 9.59 Å². The number of Topliss-reactive ketones (excluding diaryl/α,β-unsaturated/α-hetero) is 1. The lowest BCUT2D eigenvalue weighted by Gasteiger charge is -2.25. The third kappa shape index (κ3) is 3.71. The van der Waals surface area contributed by atoms with Crippen molar-refractivity contribution >= 4 is 34.4 Å². The quantitative estimate of drug-likeness (QED) is 0.352. The molecule has 4 aromatic rings. The summed E-state index contributed by atoms with van der Waals surface area (Å²) in [6, 6.07) is 14.4. The topological polar surface area (TPSA) is 83.6 Å². The number of nitrogens with zero attached hydrogens (tertiary/aromatic N) is 2. The second-order valence-corrected chi connectivity index (χ2v) is 9.72. The maximum Gasteiger partial charge on any atom is 0.290 e. The van der Waals surface area contributed by atoms with Crippen LogP contribution in [0.4, 0.5) is 0 Å². The zero-order chi connectivity index (χ0) is 23.1. The molecule has 1 aliphatic rings. The Labute approximate surface area is 198 Å². The van der Waals surface area contributed by atoms with Gasteiger partial charge in [0.25, 0.3) is 5.91 Å². The van der Waals surface area contributed by atoms with Crippen LogP contribution in [0.1, 0.15) is 37.6 Å². The van der Waals surface area contributed by atoms with Crippen LogP contribution in [0, 0.1) is 13.8 Å². The molecular weight excluding hydrogens is 456 g/mol. The number of aromatic nitrogens is 1. The Bertz CT molecular complexity index is 1370. The standard InChI is InChI=1S/C25H20N2O4S2/c1-14-10-12-32-22(14)19-18(21(29)25(30)27(19)13-17-9-6-11-31-17)20(28)23-15(2)26-24(33-23)16-7-4-3-5-8-16/h3-12,19,29H,13H2,1-2H3. The number of rotatable bonds is 6. The van der Waals surface area contributed by atoms with Crippen LogP contribution in [-0.4, -0.2) is 26.7 Å². The first-order chi connectivity index (χ1) is 16.0. The van der Waals surface area contributed by atoms with Gasteiger partial charge in [0.05, 0.1) is 29.0 Å². The first-order valence-electron chi connectivity index (χ1n) is 10.3. The number of hydrogen-bond donors (Lipinski definition) is 1. The first kappa shape index (κ1) is 21.4. The van der Waals surface area contributed by atoms with Gasteiger partial charge in [0.2, 0.25) is 5.78 Å². The average molecular weight is 477 g/mol. The van der Waals surface area contributed by atoms with Gasteiger partial charge in [0.1, 0.15) is 16.8 Å². The molecule has 1 unspecified atom stereocenters. The Balaban J connectivity index is 1.58. The number of furan rings is 1. The summed E-state index contributed by atoms with van der Waals surface area (Å²) in [6.07, 6.45) is 1.53. The molecule has 3 aromatic heterocycles. The highest BCUT2D eigenvalue weighted by molar-refractivity contribution is 7.17. The van der Waals surface area contributed by atoms with Crippen molar-refractivity contribution in [3.8, 4) is 10.6 Å². The van der Waals surface area contributed by atoms with Crippen molar-refractivity contribution in [2.24, 2.45) is 0 Å². The molecule has 6 nitrogen and oxygen atoms in total. The molecule has 1 atom stereocenters. The van der Waals surface area contributed by atoms with Gasteiger partial charge in [-0.15, -0.1) is 22.7 Å². The van der Waals surface area contributed by atoms with Crippen molar-refractivity contribution in [2.45, 2.75) is 26.4 Å². The van der Waals surface area contributed by atoms with Crippen LogP contribution in [0.25, 0.3) is 10.6 Å². The van der Waals surface area contributed by atoms with Gasteiger partial charge < -0.3 is 14.4 Å². The fraction of sp³-hybridized carbons (Fsp3) is 0.160. The molecule has 0 fully saturated rings. The van der Waals surface area contributed by atoms with Crippen LogP contribution in [-0.2, 0) is 11.3 Å². The van der Waals surface area contributed by atoms with E-state index in [1.807, 2.05) is 48.7 Å². The highest BCUT2D eigenvalue weighted by Gasteiger charge is 2.45. The molecule has 33 heavy (non-hydrogen) atoms. The first-order valence-corrected chi connectivity index (χ1v) is 12.0. The number of benzene rings is 1. The van der Waals surface area contributed by atoms with Gasteiger partial charge in [-0.05, 0) is 43.0 Å². The Hall–Kier alpha value is -3.49. The molecule has 166 valence electrons. The molecule has 0 bridgehead atoms. The van der Waals surface area contributed by atoms with Crippen molar-refractivity contribution in [1.82, 2.24) is 9.88 Å². The second-order valence-electron chi connectivity index (χ2n) is 7.77. The van der Waals surface area contributed by atoms with E-state index in [-0.39, 0.29) is 17.9 Å². The maximum absolute atomic E-state index is 13.8. The summed E-state index contributed by atoms with van der Waals surface area (Å²) in [5, 5.41) is 13.5.